The van der Waals surface area contributed by atoms with Gasteiger partial charge in [0.15, 0.2) is 5.60 Å². The second-order valence-electron chi connectivity index (χ2n) is 6.24. The minimum atomic E-state index is -4.86. The molecular formula is C19H17Cl2F3N2O2. The molecule has 3 N–H and O–H groups in total. The van der Waals surface area contributed by atoms with Gasteiger partial charge in [0.25, 0.3) is 0 Å². The molecule has 2 aromatic carbocycles. The lowest BCUT2D eigenvalue weighted by Crippen LogP contribution is -2.46. The van der Waals surface area contributed by atoms with Crippen molar-refractivity contribution in [1.82, 2.24) is 0 Å². The zero-order valence-corrected chi connectivity index (χ0v) is 16.5. The predicted molar refractivity (Wildman–Crippen MR) is 102 cm³/mol. The number of halogens is 5. The molecule has 2 rings (SSSR count). The quantitative estimate of drug-likeness (QED) is 0.610. The summed E-state index contributed by atoms with van der Waals surface area (Å²) >= 11 is 11.8. The highest BCUT2D eigenvalue weighted by Crippen LogP contribution is 2.46. The molecule has 0 spiro atoms. The molecule has 0 radical (unpaired) electrons. The summed E-state index contributed by atoms with van der Waals surface area (Å²) in [5, 5.41) is 8.27. The van der Waals surface area contributed by atoms with Crippen LogP contribution in [-0.2, 0) is 10.3 Å². The Morgan fingerprint density at radius 2 is 1.71 bits per heavy atom. The summed E-state index contributed by atoms with van der Waals surface area (Å²) in [4.78, 5) is 11.3. The maximum Gasteiger partial charge on any atom is 0.422 e. The van der Waals surface area contributed by atoms with Gasteiger partial charge in [-0.25, -0.2) is 0 Å². The number of alkyl halides is 3. The van der Waals surface area contributed by atoms with Crippen molar-refractivity contribution in [2.45, 2.75) is 25.1 Å². The van der Waals surface area contributed by atoms with Gasteiger partial charge in [-0.15, -0.1) is 0 Å². The molecule has 2 aromatic rings. The number of nitrogens with one attached hydrogen (secondary N) is 1. The molecule has 0 aliphatic rings. The Morgan fingerprint density at radius 1 is 1.14 bits per heavy atom. The van der Waals surface area contributed by atoms with Crippen LogP contribution >= 0.6 is 23.2 Å². The van der Waals surface area contributed by atoms with Crippen LogP contribution in [0.1, 0.15) is 33.5 Å². The lowest BCUT2D eigenvalue weighted by Gasteiger charge is -2.35. The second kappa shape index (κ2) is 8.11. The van der Waals surface area contributed by atoms with E-state index < -0.39 is 24.1 Å². The highest BCUT2D eigenvalue weighted by Gasteiger charge is 2.57. The van der Waals surface area contributed by atoms with Gasteiger partial charge in [-0.2, -0.15) is 13.2 Å². The van der Waals surface area contributed by atoms with Gasteiger partial charge in [0.2, 0.25) is 5.91 Å². The third-order valence-corrected chi connectivity index (χ3v) is 4.84. The lowest BCUT2D eigenvalue weighted by atomic mass is 9.85. The average molecular weight is 433 g/mol. The predicted octanol–water partition coefficient (Wildman–Crippen LogP) is 5.26. The van der Waals surface area contributed by atoms with E-state index in [9.17, 15) is 18.0 Å². The van der Waals surface area contributed by atoms with E-state index in [1.165, 1.54) is 24.3 Å². The second-order valence-corrected chi connectivity index (χ2v) is 7.11. The first-order valence-electron chi connectivity index (χ1n) is 7.98. The minimum absolute atomic E-state index is 0.0151. The van der Waals surface area contributed by atoms with E-state index in [-0.39, 0.29) is 32.4 Å². The van der Waals surface area contributed by atoms with E-state index in [0.29, 0.717) is 5.56 Å². The maximum absolute atomic E-state index is 14.1. The van der Waals surface area contributed by atoms with Crippen LogP contribution in [0.4, 0.5) is 13.2 Å². The van der Waals surface area contributed by atoms with Crippen LogP contribution in [0.3, 0.4) is 0 Å². The number of amides is 1. The third-order valence-electron chi connectivity index (χ3n) is 4.40. The van der Waals surface area contributed by atoms with Crippen LogP contribution < -0.4 is 5.73 Å². The number of carbonyl (C=O) groups excluding carboxylic acids is 1. The van der Waals surface area contributed by atoms with Gasteiger partial charge in [-0.3, -0.25) is 4.79 Å². The van der Waals surface area contributed by atoms with E-state index in [2.05, 4.69) is 0 Å². The molecular weight excluding hydrogens is 416 g/mol. The Hall–Kier alpha value is -2.09. The molecule has 0 aliphatic carbocycles. The van der Waals surface area contributed by atoms with Crippen molar-refractivity contribution < 1.29 is 22.7 Å². The van der Waals surface area contributed by atoms with E-state index in [1.807, 2.05) is 0 Å². The standard InChI is InChI=1S/C19H17Cl2F3N2O2/c1-10-5-11(3-4-15(10)17(26)27)16(25)9-18(28-2,19(22,23)24)12-6-13(20)8-14(21)7-12/h3-8,25H,9H2,1-2H3,(H2,26,27)/t18-/m0/s1. The number of aryl methyl sites for hydroxylation is 1. The number of primary amides is 1. The first kappa shape index (κ1) is 22.2. The van der Waals surface area contributed by atoms with Crippen LogP contribution in [0.5, 0.6) is 0 Å². The molecule has 0 bridgehead atoms. The zero-order chi connectivity index (χ0) is 21.3. The Labute approximate surface area is 169 Å². The van der Waals surface area contributed by atoms with Crippen molar-refractivity contribution in [1.29, 1.82) is 5.41 Å². The zero-order valence-electron chi connectivity index (χ0n) is 15.0. The first-order valence-corrected chi connectivity index (χ1v) is 8.73. The summed E-state index contributed by atoms with van der Waals surface area (Å²) < 4.78 is 47.2. The van der Waals surface area contributed by atoms with Gasteiger partial charge in [0, 0.05) is 34.9 Å². The number of hydrogen-bond acceptors (Lipinski definition) is 3. The summed E-state index contributed by atoms with van der Waals surface area (Å²) in [5.41, 5.74) is 2.66. The largest absolute Gasteiger partial charge is 0.422 e. The molecule has 0 aromatic heterocycles. The van der Waals surface area contributed by atoms with Crippen LogP contribution in [-0.4, -0.2) is 24.9 Å². The molecule has 0 fully saturated rings. The monoisotopic (exact) mass is 432 g/mol. The summed E-state index contributed by atoms with van der Waals surface area (Å²) in [5.74, 6) is -0.661. The van der Waals surface area contributed by atoms with Crippen molar-refractivity contribution in [2.24, 2.45) is 5.73 Å². The van der Waals surface area contributed by atoms with Crippen molar-refractivity contribution in [2.75, 3.05) is 7.11 Å². The normalized spacial score (nSPS) is 13.8. The molecule has 0 heterocycles. The van der Waals surface area contributed by atoms with Crippen molar-refractivity contribution in [3.05, 3.63) is 68.7 Å². The number of hydrogen-bond donors (Lipinski definition) is 2. The molecule has 4 nitrogen and oxygen atoms in total. The third kappa shape index (κ3) is 4.32. The number of nitrogens with two attached hydrogens (primary N) is 1. The maximum atomic E-state index is 14.1. The molecule has 1 amide bonds. The van der Waals surface area contributed by atoms with Crippen LogP contribution in [0.15, 0.2) is 36.4 Å². The van der Waals surface area contributed by atoms with E-state index in [1.54, 1.807) is 6.92 Å². The minimum Gasteiger partial charge on any atom is -0.366 e. The smallest absolute Gasteiger partial charge is 0.366 e. The molecule has 0 aliphatic heterocycles. The number of benzene rings is 2. The molecule has 0 unspecified atom stereocenters. The fourth-order valence-corrected chi connectivity index (χ4v) is 3.46. The summed E-state index contributed by atoms with van der Waals surface area (Å²) in [7, 11) is 0.914. The SMILES string of the molecule is CO[C@@](CC(=N)c1ccc(C(N)=O)c(C)c1)(c1cc(Cl)cc(Cl)c1)C(F)(F)F. The van der Waals surface area contributed by atoms with E-state index in [0.717, 1.165) is 19.2 Å². The fourth-order valence-electron chi connectivity index (χ4n) is 2.94. The van der Waals surface area contributed by atoms with Gasteiger partial charge >= 0.3 is 6.18 Å². The lowest BCUT2D eigenvalue weighted by molar-refractivity contribution is -0.274. The van der Waals surface area contributed by atoms with Crippen molar-refractivity contribution in [3.8, 4) is 0 Å². The molecule has 0 saturated carbocycles. The topological polar surface area (TPSA) is 76.2 Å². The Kier molecular flexibility index (Phi) is 6.43. The number of methoxy groups -OCH3 is 1. The Bertz CT molecular complexity index is 912. The van der Waals surface area contributed by atoms with Gasteiger partial charge in [0.1, 0.15) is 0 Å². The highest BCUT2D eigenvalue weighted by molar-refractivity contribution is 6.34. The molecule has 1 atom stereocenters. The summed E-state index contributed by atoms with van der Waals surface area (Å²) in [6, 6.07) is 7.71. The number of rotatable bonds is 6. The van der Waals surface area contributed by atoms with Crippen LogP contribution in [0, 0.1) is 12.3 Å². The fraction of sp³-hybridized carbons (Fsp3) is 0.263. The van der Waals surface area contributed by atoms with Gasteiger partial charge in [-0.05, 0) is 53.9 Å². The summed E-state index contributed by atoms with van der Waals surface area (Å²) in [6.07, 6.45) is -5.68. The summed E-state index contributed by atoms with van der Waals surface area (Å²) in [6.45, 7) is 1.58. The van der Waals surface area contributed by atoms with Crippen molar-refractivity contribution >= 4 is 34.8 Å². The Morgan fingerprint density at radius 3 is 2.14 bits per heavy atom. The van der Waals surface area contributed by atoms with E-state index >= 15 is 0 Å². The van der Waals surface area contributed by atoms with Gasteiger partial charge < -0.3 is 15.9 Å². The average Bonchev–Trinajstić information content (AvgIpc) is 2.56. The molecule has 0 saturated heterocycles. The van der Waals surface area contributed by atoms with Gasteiger partial charge in [-0.1, -0.05) is 29.3 Å². The Balaban J connectivity index is 2.53. The number of ether oxygens (including phenoxy) is 1. The molecule has 9 heteroatoms. The number of carbonyl (C=O) groups is 1. The van der Waals surface area contributed by atoms with Crippen LogP contribution in [0.2, 0.25) is 10.0 Å². The highest BCUT2D eigenvalue weighted by atomic mass is 35.5. The molecule has 28 heavy (non-hydrogen) atoms. The van der Waals surface area contributed by atoms with E-state index in [4.69, 9.17) is 39.1 Å². The first-order chi connectivity index (χ1) is 12.9. The van der Waals surface area contributed by atoms with Crippen LogP contribution in [0.25, 0.3) is 0 Å². The van der Waals surface area contributed by atoms with Gasteiger partial charge in [0.05, 0.1) is 0 Å². The molecule has 150 valence electrons. The van der Waals surface area contributed by atoms with Crippen molar-refractivity contribution in [3.63, 3.8) is 0 Å².